The van der Waals surface area contributed by atoms with Crippen molar-refractivity contribution < 1.29 is 0 Å². The molecule has 0 atom stereocenters. The van der Waals surface area contributed by atoms with E-state index >= 15 is 0 Å². The van der Waals surface area contributed by atoms with Crippen LogP contribution >= 0.6 is 0 Å². The molecular formula is C18H27N3. The molecule has 0 unspecified atom stereocenters. The molecule has 0 bridgehead atoms. The number of rotatable bonds is 3. The van der Waals surface area contributed by atoms with E-state index in [4.69, 9.17) is 10.7 Å². The zero-order chi connectivity index (χ0) is 14.9. The molecule has 1 aromatic heterocycles. The minimum absolute atomic E-state index is 0.238. The Morgan fingerprint density at radius 2 is 1.90 bits per heavy atom. The van der Waals surface area contributed by atoms with E-state index in [1.807, 2.05) is 0 Å². The number of fused-ring (bicyclic) bond motifs is 1. The third-order valence-corrected chi connectivity index (χ3v) is 4.79. The lowest BCUT2D eigenvalue weighted by atomic mass is 9.90. The highest BCUT2D eigenvalue weighted by Gasteiger charge is 2.33. The largest absolute Gasteiger partial charge is 0.326 e. The monoisotopic (exact) mass is 285 g/mol. The minimum Gasteiger partial charge on any atom is -0.326 e. The zero-order valence-corrected chi connectivity index (χ0v) is 13.4. The van der Waals surface area contributed by atoms with Crippen molar-refractivity contribution in [2.75, 3.05) is 0 Å². The van der Waals surface area contributed by atoms with E-state index in [1.54, 1.807) is 0 Å². The van der Waals surface area contributed by atoms with Crippen LogP contribution in [0.25, 0.3) is 11.0 Å². The average Bonchev–Trinajstić information content (AvgIpc) is 2.66. The van der Waals surface area contributed by atoms with Gasteiger partial charge in [-0.2, -0.15) is 0 Å². The van der Waals surface area contributed by atoms with Crippen LogP contribution in [0.4, 0.5) is 0 Å². The predicted molar refractivity (Wildman–Crippen MR) is 88.3 cm³/mol. The number of aromatic nitrogens is 2. The van der Waals surface area contributed by atoms with Crippen molar-refractivity contribution in [1.82, 2.24) is 9.55 Å². The maximum Gasteiger partial charge on any atom is 0.130 e. The van der Waals surface area contributed by atoms with Gasteiger partial charge in [0.15, 0.2) is 0 Å². The molecule has 0 amide bonds. The number of nitrogens with two attached hydrogens (primary N) is 1. The molecule has 3 heteroatoms. The zero-order valence-electron chi connectivity index (χ0n) is 13.4. The normalized spacial score (nSPS) is 18.8. The molecule has 1 aromatic carbocycles. The first-order valence-electron chi connectivity index (χ1n) is 8.40. The second-order valence-electron chi connectivity index (χ2n) is 6.65. The first-order chi connectivity index (χ1) is 10.1. The third-order valence-electron chi connectivity index (χ3n) is 4.79. The smallest absolute Gasteiger partial charge is 0.130 e. The Bertz CT molecular complexity index is 619. The number of hydrogen-bond acceptors (Lipinski definition) is 2. The highest BCUT2D eigenvalue weighted by molar-refractivity contribution is 5.77. The van der Waals surface area contributed by atoms with E-state index in [2.05, 4.69) is 36.6 Å². The van der Waals surface area contributed by atoms with Crippen LogP contribution in [0.15, 0.2) is 18.2 Å². The van der Waals surface area contributed by atoms with Crippen molar-refractivity contribution in [2.45, 2.75) is 70.9 Å². The Kier molecular flexibility index (Phi) is 4.03. The van der Waals surface area contributed by atoms with E-state index in [0.29, 0.717) is 0 Å². The molecule has 2 aromatic rings. The molecule has 1 fully saturated rings. The van der Waals surface area contributed by atoms with Crippen LogP contribution in [0.2, 0.25) is 0 Å². The highest BCUT2D eigenvalue weighted by Crippen LogP contribution is 2.35. The van der Waals surface area contributed by atoms with Crippen molar-refractivity contribution >= 4 is 11.0 Å². The Morgan fingerprint density at radius 3 is 2.57 bits per heavy atom. The Balaban J connectivity index is 2.13. The summed E-state index contributed by atoms with van der Waals surface area (Å²) >= 11 is 0. The molecule has 114 valence electrons. The Morgan fingerprint density at radius 1 is 1.19 bits per heavy atom. The molecule has 0 spiro atoms. The van der Waals surface area contributed by atoms with Gasteiger partial charge in [0, 0.05) is 6.54 Å². The van der Waals surface area contributed by atoms with Crippen LogP contribution in [-0.4, -0.2) is 9.55 Å². The Labute approximate surface area is 127 Å². The van der Waals surface area contributed by atoms with Crippen LogP contribution < -0.4 is 5.73 Å². The van der Waals surface area contributed by atoms with Crippen LogP contribution in [0.1, 0.15) is 63.3 Å². The summed E-state index contributed by atoms with van der Waals surface area (Å²) in [5.74, 6) is 1.12. The van der Waals surface area contributed by atoms with Gasteiger partial charge in [-0.25, -0.2) is 4.98 Å². The second-order valence-corrected chi connectivity index (χ2v) is 6.65. The maximum absolute atomic E-state index is 6.83. The molecule has 3 rings (SSSR count). The standard InChI is InChI=1S/C18H27N3/c1-3-12-21-16-9-8-14(2)13-15(16)20-17(21)18(19)10-6-4-5-7-11-18/h8-9,13H,3-7,10-12,19H2,1-2H3. The van der Waals surface area contributed by atoms with Gasteiger partial charge in [-0.05, 0) is 43.9 Å². The van der Waals surface area contributed by atoms with Gasteiger partial charge in [0.2, 0.25) is 0 Å². The number of nitrogens with zero attached hydrogens (tertiary/aromatic N) is 2. The summed E-state index contributed by atoms with van der Waals surface area (Å²) in [7, 11) is 0. The van der Waals surface area contributed by atoms with E-state index in [-0.39, 0.29) is 5.54 Å². The SMILES string of the molecule is CCCn1c(C2(N)CCCCCC2)nc2cc(C)ccc21. The van der Waals surface area contributed by atoms with Gasteiger partial charge in [-0.15, -0.1) is 0 Å². The van der Waals surface area contributed by atoms with Crippen LogP contribution in [0.5, 0.6) is 0 Å². The van der Waals surface area contributed by atoms with Crippen molar-refractivity contribution in [1.29, 1.82) is 0 Å². The number of aryl methyl sites for hydroxylation is 2. The summed E-state index contributed by atoms with van der Waals surface area (Å²) in [5.41, 5.74) is 10.2. The lowest BCUT2D eigenvalue weighted by Gasteiger charge is -2.28. The summed E-state index contributed by atoms with van der Waals surface area (Å²) in [6.45, 7) is 5.36. The van der Waals surface area contributed by atoms with E-state index < -0.39 is 0 Å². The lowest BCUT2D eigenvalue weighted by Crippen LogP contribution is -2.39. The maximum atomic E-state index is 6.83. The first-order valence-corrected chi connectivity index (χ1v) is 8.40. The summed E-state index contributed by atoms with van der Waals surface area (Å²) in [5, 5.41) is 0. The fraction of sp³-hybridized carbons (Fsp3) is 0.611. The third kappa shape index (κ3) is 2.71. The fourth-order valence-corrected chi connectivity index (χ4v) is 3.65. The molecule has 0 radical (unpaired) electrons. The van der Waals surface area contributed by atoms with Gasteiger partial charge in [-0.1, -0.05) is 38.7 Å². The molecule has 21 heavy (non-hydrogen) atoms. The minimum atomic E-state index is -0.238. The number of benzene rings is 1. The van der Waals surface area contributed by atoms with Crippen LogP contribution in [0.3, 0.4) is 0 Å². The van der Waals surface area contributed by atoms with Crippen LogP contribution in [-0.2, 0) is 12.1 Å². The summed E-state index contributed by atoms with van der Waals surface area (Å²) in [6.07, 6.45) is 8.33. The van der Waals surface area contributed by atoms with E-state index in [9.17, 15) is 0 Å². The van der Waals surface area contributed by atoms with E-state index in [0.717, 1.165) is 37.1 Å². The molecule has 1 saturated carbocycles. The van der Waals surface area contributed by atoms with Crippen LogP contribution in [0, 0.1) is 6.92 Å². The van der Waals surface area contributed by atoms with Crippen molar-refractivity contribution in [3.8, 4) is 0 Å². The molecule has 3 nitrogen and oxygen atoms in total. The van der Waals surface area contributed by atoms with Gasteiger partial charge in [-0.3, -0.25) is 0 Å². The first kappa shape index (κ1) is 14.6. The van der Waals surface area contributed by atoms with E-state index in [1.165, 1.54) is 36.8 Å². The molecule has 0 aliphatic heterocycles. The number of hydrogen-bond donors (Lipinski definition) is 1. The predicted octanol–water partition coefficient (Wildman–Crippen LogP) is 4.26. The molecule has 1 aliphatic rings. The van der Waals surface area contributed by atoms with Crippen molar-refractivity contribution in [2.24, 2.45) is 5.73 Å². The molecule has 1 heterocycles. The van der Waals surface area contributed by atoms with Gasteiger partial charge < -0.3 is 10.3 Å². The van der Waals surface area contributed by atoms with Crippen molar-refractivity contribution in [3.05, 3.63) is 29.6 Å². The Hall–Kier alpha value is -1.35. The fourth-order valence-electron chi connectivity index (χ4n) is 3.65. The topological polar surface area (TPSA) is 43.8 Å². The summed E-state index contributed by atoms with van der Waals surface area (Å²) < 4.78 is 2.38. The lowest BCUT2D eigenvalue weighted by molar-refractivity contribution is 0.348. The summed E-state index contributed by atoms with van der Waals surface area (Å²) in [6, 6.07) is 6.57. The molecule has 1 aliphatic carbocycles. The quantitative estimate of drug-likeness (QED) is 0.856. The average molecular weight is 285 g/mol. The number of imidazole rings is 1. The van der Waals surface area contributed by atoms with Gasteiger partial charge >= 0.3 is 0 Å². The molecule has 0 saturated heterocycles. The molecular weight excluding hydrogens is 258 g/mol. The van der Waals surface area contributed by atoms with Crippen molar-refractivity contribution in [3.63, 3.8) is 0 Å². The van der Waals surface area contributed by atoms with Gasteiger partial charge in [0.1, 0.15) is 5.82 Å². The highest BCUT2D eigenvalue weighted by atomic mass is 15.1. The second kappa shape index (κ2) is 5.80. The van der Waals surface area contributed by atoms with Gasteiger partial charge in [0.25, 0.3) is 0 Å². The molecule has 2 N–H and O–H groups in total. The van der Waals surface area contributed by atoms with Gasteiger partial charge in [0.05, 0.1) is 16.6 Å². The summed E-state index contributed by atoms with van der Waals surface area (Å²) in [4.78, 5) is 4.97.